The van der Waals surface area contributed by atoms with Crippen molar-refractivity contribution in [3.05, 3.63) is 68.4 Å². The van der Waals surface area contributed by atoms with Crippen molar-refractivity contribution in [3.8, 4) is 0 Å². The highest BCUT2D eigenvalue weighted by Crippen LogP contribution is 2.41. The molecule has 0 amide bonds. The fourth-order valence-electron chi connectivity index (χ4n) is 2.89. The number of benzene rings is 1. The normalized spacial score (nSPS) is 13.5. The summed E-state index contributed by atoms with van der Waals surface area (Å²) in [7, 11) is 0. The molecule has 1 heterocycles. The van der Waals surface area contributed by atoms with Crippen LogP contribution >= 0.6 is 11.3 Å². The summed E-state index contributed by atoms with van der Waals surface area (Å²) in [6.07, 6.45) is 0. The standard InChI is InChI=1S/C17H17NO4S/c1-11(19)15(12(2)20)16(14-9-6-10-23-14)17(18(21)22)13-7-4-3-5-8-13/h3-10,15-17H,1-2H3. The predicted molar refractivity (Wildman–Crippen MR) is 88.1 cm³/mol. The lowest BCUT2D eigenvalue weighted by Gasteiger charge is -2.25. The summed E-state index contributed by atoms with van der Waals surface area (Å²) < 4.78 is 0. The summed E-state index contributed by atoms with van der Waals surface area (Å²) in [5.74, 6) is -2.52. The van der Waals surface area contributed by atoms with Crippen molar-refractivity contribution in [2.24, 2.45) is 5.92 Å². The van der Waals surface area contributed by atoms with Gasteiger partial charge in [-0.05, 0) is 25.3 Å². The Kier molecular flexibility index (Phi) is 5.39. The molecule has 6 heteroatoms. The van der Waals surface area contributed by atoms with E-state index in [0.29, 0.717) is 10.4 Å². The number of rotatable bonds is 7. The monoisotopic (exact) mass is 331 g/mol. The van der Waals surface area contributed by atoms with E-state index < -0.39 is 22.8 Å². The third-order valence-corrected chi connectivity index (χ3v) is 4.79. The van der Waals surface area contributed by atoms with E-state index in [0.717, 1.165) is 0 Å². The Morgan fingerprint density at radius 1 is 1.04 bits per heavy atom. The van der Waals surface area contributed by atoms with Gasteiger partial charge in [0.2, 0.25) is 6.04 Å². The number of carbonyl (C=O) groups is 2. The zero-order valence-corrected chi connectivity index (χ0v) is 13.7. The van der Waals surface area contributed by atoms with Gasteiger partial charge in [-0.3, -0.25) is 19.7 Å². The zero-order chi connectivity index (χ0) is 17.0. The molecule has 0 saturated heterocycles. The van der Waals surface area contributed by atoms with Crippen molar-refractivity contribution >= 4 is 22.9 Å². The van der Waals surface area contributed by atoms with Gasteiger partial charge in [-0.15, -0.1) is 11.3 Å². The number of nitro groups is 1. The van der Waals surface area contributed by atoms with E-state index in [-0.39, 0.29) is 11.6 Å². The zero-order valence-electron chi connectivity index (χ0n) is 12.8. The van der Waals surface area contributed by atoms with Crippen molar-refractivity contribution in [1.29, 1.82) is 0 Å². The Balaban J connectivity index is 2.61. The highest BCUT2D eigenvalue weighted by molar-refractivity contribution is 7.10. The SMILES string of the molecule is CC(=O)C(C(C)=O)C(c1cccs1)C(c1ccccc1)[N+](=O)[O-]. The molecule has 0 bridgehead atoms. The maximum atomic E-state index is 12.0. The second-order valence-electron chi connectivity index (χ2n) is 5.38. The highest BCUT2D eigenvalue weighted by Gasteiger charge is 2.44. The molecule has 0 aliphatic rings. The number of Topliss-reactive ketones (excluding diaryl/α,β-unsaturated/α-hetero) is 2. The molecule has 120 valence electrons. The Morgan fingerprint density at radius 3 is 2.09 bits per heavy atom. The van der Waals surface area contributed by atoms with E-state index in [2.05, 4.69) is 0 Å². The summed E-state index contributed by atoms with van der Waals surface area (Å²) in [4.78, 5) is 36.1. The minimum absolute atomic E-state index is 0.348. The topological polar surface area (TPSA) is 77.3 Å². The summed E-state index contributed by atoms with van der Waals surface area (Å²) in [5, 5.41) is 13.6. The molecule has 0 spiro atoms. The van der Waals surface area contributed by atoms with E-state index in [4.69, 9.17) is 0 Å². The number of hydrogen-bond donors (Lipinski definition) is 0. The molecule has 1 aromatic heterocycles. The van der Waals surface area contributed by atoms with Gasteiger partial charge in [-0.25, -0.2) is 0 Å². The average molecular weight is 331 g/mol. The van der Waals surface area contributed by atoms with E-state index in [1.54, 1.807) is 47.8 Å². The molecule has 2 atom stereocenters. The van der Waals surface area contributed by atoms with Crippen LogP contribution in [0, 0.1) is 16.0 Å². The van der Waals surface area contributed by atoms with Crippen LogP contribution in [-0.4, -0.2) is 16.5 Å². The van der Waals surface area contributed by atoms with Gasteiger partial charge in [0.15, 0.2) is 0 Å². The number of ketones is 2. The molecule has 0 radical (unpaired) electrons. The molecule has 2 unspecified atom stereocenters. The third kappa shape index (κ3) is 3.71. The van der Waals surface area contributed by atoms with E-state index in [9.17, 15) is 19.7 Å². The smallest absolute Gasteiger partial charge is 0.246 e. The third-order valence-electron chi connectivity index (χ3n) is 3.82. The van der Waals surface area contributed by atoms with Crippen LogP contribution in [0.4, 0.5) is 0 Å². The van der Waals surface area contributed by atoms with Crippen LogP contribution in [0.5, 0.6) is 0 Å². The first-order chi connectivity index (χ1) is 10.9. The van der Waals surface area contributed by atoms with Gasteiger partial charge in [-0.1, -0.05) is 36.4 Å². The Morgan fingerprint density at radius 2 is 1.65 bits per heavy atom. The molecule has 23 heavy (non-hydrogen) atoms. The second-order valence-corrected chi connectivity index (χ2v) is 6.36. The molecule has 0 saturated carbocycles. The summed E-state index contributed by atoms with van der Waals surface area (Å²) in [6.45, 7) is 2.63. The van der Waals surface area contributed by atoms with E-state index in [1.165, 1.54) is 25.2 Å². The van der Waals surface area contributed by atoms with Crippen LogP contribution in [0.3, 0.4) is 0 Å². The van der Waals surface area contributed by atoms with Crippen molar-refractivity contribution < 1.29 is 14.5 Å². The van der Waals surface area contributed by atoms with Crippen molar-refractivity contribution in [2.75, 3.05) is 0 Å². The van der Waals surface area contributed by atoms with Gasteiger partial charge in [0.1, 0.15) is 11.6 Å². The molecule has 2 aromatic rings. The number of hydrogen-bond acceptors (Lipinski definition) is 5. The Bertz CT molecular complexity index is 683. The largest absolute Gasteiger partial charge is 0.299 e. The molecule has 0 fully saturated rings. The maximum Gasteiger partial charge on any atom is 0.246 e. The van der Waals surface area contributed by atoms with Crippen LogP contribution in [0.15, 0.2) is 47.8 Å². The number of carbonyl (C=O) groups excluding carboxylic acids is 2. The summed E-state index contributed by atoms with van der Waals surface area (Å²) >= 11 is 1.33. The van der Waals surface area contributed by atoms with Crippen molar-refractivity contribution in [1.82, 2.24) is 0 Å². The molecule has 2 rings (SSSR count). The van der Waals surface area contributed by atoms with Gasteiger partial charge in [0.25, 0.3) is 0 Å². The fraction of sp³-hybridized carbons (Fsp3) is 0.294. The lowest BCUT2D eigenvalue weighted by Crippen LogP contribution is -2.33. The van der Waals surface area contributed by atoms with Gasteiger partial charge < -0.3 is 0 Å². The molecule has 0 aliphatic carbocycles. The fourth-order valence-corrected chi connectivity index (χ4v) is 3.78. The number of nitrogens with zero attached hydrogens (tertiary/aromatic N) is 1. The minimum Gasteiger partial charge on any atom is -0.299 e. The maximum absolute atomic E-state index is 12.0. The van der Waals surface area contributed by atoms with Crippen LogP contribution in [0.1, 0.15) is 36.2 Å². The molecule has 0 aliphatic heterocycles. The van der Waals surface area contributed by atoms with Gasteiger partial charge >= 0.3 is 0 Å². The van der Waals surface area contributed by atoms with Crippen LogP contribution < -0.4 is 0 Å². The molecular weight excluding hydrogens is 314 g/mol. The minimum atomic E-state index is -1.15. The number of thiophene rings is 1. The Hall–Kier alpha value is -2.34. The van der Waals surface area contributed by atoms with Gasteiger partial charge in [0.05, 0.1) is 11.8 Å². The van der Waals surface area contributed by atoms with Crippen molar-refractivity contribution in [3.63, 3.8) is 0 Å². The Labute approximate surface area is 138 Å². The van der Waals surface area contributed by atoms with E-state index in [1.807, 2.05) is 0 Å². The molecular formula is C17H17NO4S. The van der Waals surface area contributed by atoms with Gasteiger partial charge in [-0.2, -0.15) is 0 Å². The van der Waals surface area contributed by atoms with Crippen LogP contribution in [0.25, 0.3) is 0 Å². The molecule has 1 aromatic carbocycles. The molecule has 0 N–H and O–H groups in total. The van der Waals surface area contributed by atoms with Crippen molar-refractivity contribution in [2.45, 2.75) is 25.8 Å². The first kappa shape index (κ1) is 17.0. The average Bonchev–Trinajstić information content (AvgIpc) is 3.00. The summed E-state index contributed by atoms with van der Waals surface area (Å²) in [6, 6.07) is 10.9. The lowest BCUT2D eigenvalue weighted by molar-refractivity contribution is -0.534. The molecule has 5 nitrogen and oxygen atoms in total. The van der Waals surface area contributed by atoms with Gasteiger partial charge in [0, 0.05) is 15.4 Å². The van der Waals surface area contributed by atoms with Crippen LogP contribution in [0.2, 0.25) is 0 Å². The first-order valence-corrected chi connectivity index (χ1v) is 8.04. The highest BCUT2D eigenvalue weighted by atomic mass is 32.1. The predicted octanol–water partition coefficient (Wildman–Crippen LogP) is 3.64. The van der Waals surface area contributed by atoms with E-state index >= 15 is 0 Å². The summed E-state index contributed by atoms with van der Waals surface area (Å²) in [5.41, 5.74) is 0.489. The quantitative estimate of drug-likeness (QED) is 0.441. The second kappa shape index (κ2) is 7.28. The first-order valence-electron chi connectivity index (χ1n) is 7.16. The van der Waals surface area contributed by atoms with Crippen LogP contribution in [-0.2, 0) is 9.59 Å². The lowest BCUT2D eigenvalue weighted by atomic mass is 9.78.